The lowest BCUT2D eigenvalue weighted by Gasteiger charge is -2.29. The second kappa shape index (κ2) is 7.22. The Labute approximate surface area is 169 Å². The number of fused-ring (bicyclic) bond motifs is 2. The SMILES string of the molecule is Cc1nc2c(c(N3CCCC3c3nc4ccccc4c(=O)n3CCO)n1)CCC2. The minimum atomic E-state index is -0.0956. The number of nitrogens with zero attached hydrogens (tertiary/aromatic N) is 5. The lowest BCUT2D eigenvalue weighted by Crippen LogP contribution is -2.34. The van der Waals surface area contributed by atoms with Gasteiger partial charge in [-0.15, -0.1) is 0 Å². The van der Waals surface area contributed by atoms with E-state index in [1.54, 1.807) is 10.6 Å². The molecule has 0 radical (unpaired) electrons. The monoisotopic (exact) mass is 391 g/mol. The Kier molecular flexibility index (Phi) is 4.54. The molecule has 2 aromatic heterocycles. The number of aliphatic hydroxyl groups is 1. The van der Waals surface area contributed by atoms with E-state index in [9.17, 15) is 9.90 Å². The third-order valence-electron chi connectivity index (χ3n) is 6.06. The lowest BCUT2D eigenvalue weighted by atomic mass is 10.1. The number of aromatic nitrogens is 4. The van der Waals surface area contributed by atoms with E-state index in [1.807, 2.05) is 25.1 Å². The molecule has 0 spiro atoms. The molecule has 5 rings (SSSR count). The van der Waals surface area contributed by atoms with E-state index >= 15 is 0 Å². The summed E-state index contributed by atoms with van der Waals surface area (Å²) in [6.07, 6.45) is 5.05. The van der Waals surface area contributed by atoms with Gasteiger partial charge in [0.1, 0.15) is 17.5 Å². The molecule has 3 heterocycles. The Hall–Kier alpha value is -2.80. The van der Waals surface area contributed by atoms with Crippen LogP contribution in [0.3, 0.4) is 0 Å². The van der Waals surface area contributed by atoms with Crippen LogP contribution in [0.1, 0.15) is 48.2 Å². The Morgan fingerprint density at radius 3 is 2.86 bits per heavy atom. The molecule has 1 fully saturated rings. The average molecular weight is 391 g/mol. The van der Waals surface area contributed by atoms with E-state index in [0.717, 1.165) is 61.8 Å². The minimum Gasteiger partial charge on any atom is -0.395 e. The van der Waals surface area contributed by atoms with Crippen LogP contribution in [0.5, 0.6) is 0 Å². The fourth-order valence-electron chi connectivity index (χ4n) is 4.81. The van der Waals surface area contributed by atoms with Gasteiger partial charge in [0, 0.05) is 17.8 Å². The molecule has 0 saturated carbocycles. The maximum Gasteiger partial charge on any atom is 0.261 e. The standard InChI is InChI=1S/C22H25N5O2/c1-14-23-17-9-4-7-15(17)20(24-14)26-11-5-10-19(26)21-25-18-8-3-2-6-16(18)22(29)27(21)12-13-28/h2-3,6,8,19,28H,4-5,7,9-13H2,1H3. The van der Waals surface area contributed by atoms with Crippen LogP contribution in [0.25, 0.3) is 10.9 Å². The van der Waals surface area contributed by atoms with Gasteiger partial charge in [-0.2, -0.15) is 0 Å². The quantitative estimate of drug-likeness (QED) is 0.735. The van der Waals surface area contributed by atoms with E-state index in [2.05, 4.69) is 9.88 Å². The number of hydrogen-bond acceptors (Lipinski definition) is 6. The van der Waals surface area contributed by atoms with Crippen LogP contribution in [-0.4, -0.2) is 37.8 Å². The molecule has 1 aliphatic carbocycles. The summed E-state index contributed by atoms with van der Waals surface area (Å²) in [5, 5.41) is 10.2. The molecular formula is C22H25N5O2. The molecule has 150 valence electrons. The number of hydrogen-bond donors (Lipinski definition) is 1. The Balaban J connectivity index is 1.67. The highest BCUT2D eigenvalue weighted by Gasteiger charge is 2.34. The van der Waals surface area contributed by atoms with Gasteiger partial charge in [0.15, 0.2) is 0 Å². The van der Waals surface area contributed by atoms with Gasteiger partial charge in [-0.1, -0.05) is 12.1 Å². The maximum atomic E-state index is 13.1. The van der Waals surface area contributed by atoms with Gasteiger partial charge in [-0.05, 0) is 51.2 Å². The number of benzene rings is 1. The molecule has 2 aliphatic rings. The first-order valence-electron chi connectivity index (χ1n) is 10.4. The highest BCUT2D eigenvalue weighted by Crippen LogP contribution is 2.38. The summed E-state index contributed by atoms with van der Waals surface area (Å²) in [5.41, 5.74) is 3.03. The van der Waals surface area contributed by atoms with Crippen molar-refractivity contribution in [3.63, 3.8) is 0 Å². The van der Waals surface area contributed by atoms with E-state index < -0.39 is 0 Å². The summed E-state index contributed by atoms with van der Waals surface area (Å²) in [7, 11) is 0. The molecule has 1 unspecified atom stereocenters. The van der Waals surface area contributed by atoms with Crippen LogP contribution >= 0.6 is 0 Å². The van der Waals surface area contributed by atoms with Gasteiger partial charge in [-0.25, -0.2) is 15.0 Å². The smallest absolute Gasteiger partial charge is 0.261 e. The zero-order chi connectivity index (χ0) is 20.0. The van der Waals surface area contributed by atoms with Crippen molar-refractivity contribution in [2.75, 3.05) is 18.1 Å². The van der Waals surface area contributed by atoms with Crippen molar-refractivity contribution in [2.24, 2.45) is 0 Å². The van der Waals surface area contributed by atoms with Crippen LogP contribution in [0.4, 0.5) is 5.82 Å². The topological polar surface area (TPSA) is 84.1 Å². The fourth-order valence-corrected chi connectivity index (χ4v) is 4.81. The summed E-state index contributed by atoms with van der Waals surface area (Å²) in [6, 6.07) is 7.41. The molecule has 1 saturated heterocycles. The zero-order valence-corrected chi connectivity index (χ0v) is 16.6. The Morgan fingerprint density at radius 2 is 2.00 bits per heavy atom. The van der Waals surface area contributed by atoms with Crippen molar-refractivity contribution in [2.45, 2.75) is 51.6 Å². The third-order valence-corrected chi connectivity index (χ3v) is 6.06. The number of anilines is 1. The van der Waals surface area contributed by atoms with Gasteiger partial charge in [0.2, 0.25) is 0 Å². The lowest BCUT2D eigenvalue weighted by molar-refractivity contribution is 0.270. The van der Waals surface area contributed by atoms with Gasteiger partial charge < -0.3 is 10.0 Å². The second-order valence-electron chi connectivity index (χ2n) is 7.89. The van der Waals surface area contributed by atoms with Crippen molar-refractivity contribution in [3.8, 4) is 0 Å². The largest absolute Gasteiger partial charge is 0.395 e. The number of aryl methyl sites for hydroxylation is 2. The van der Waals surface area contributed by atoms with Crippen LogP contribution in [0.2, 0.25) is 0 Å². The second-order valence-corrected chi connectivity index (χ2v) is 7.89. The molecule has 7 heteroatoms. The molecule has 7 nitrogen and oxygen atoms in total. The zero-order valence-electron chi connectivity index (χ0n) is 16.6. The van der Waals surface area contributed by atoms with Crippen molar-refractivity contribution in [1.29, 1.82) is 0 Å². The van der Waals surface area contributed by atoms with Gasteiger partial charge in [0.25, 0.3) is 5.56 Å². The van der Waals surface area contributed by atoms with Crippen LogP contribution in [0.15, 0.2) is 29.1 Å². The fraction of sp³-hybridized carbons (Fsp3) is 0.455. The van der Waals surface area contributed by atoms with Crippen molar-refractivity contribution in [3.05, 3.63) is 57.5 Å². The summed E-state index contributed by atoms with van der Waals surface area (Å²) in [5.74, 6) is 2.53. The minimum absolute atomic E-state index is 0.0298. The van der Waals surface area contributed by atoms with E-state index in [1.165, 1.54) is 5.56 Å². The molecule has 1 aromatic carbocycles. The first-order chi connectivity index (χ1) is 14.2. The van der Waals surface area contributed by atoms with Crippen LogP contribution < -0.4 is 10.5 Å². The summed E-state index contributed by atoms with van der Waals surface area (Å²) in [4.78, 5) is 29.8. The number of rotatable bonds is 4. The maximum absolute atomic E-state index is 13.1. The van der Waals surface area contributed by atoms with Gasteiger partial charge >= 0.3 is 0 Å². The molecule has 0 bridgehead atoms. The number of para-hydroxylation sites is 1. The van der Waals surface area contributed by atoms with Crippen LogP contribution in [0, 0.1) is 6.92 Å². The van der Waals surface area contributed by atoms with Crippen molar-refractivity contribution in [1.82, 2.24) is 19.5 Å². The van der Waals surface area contributed by atoms with Gasteiger partial charge in [0.05, 0.1) is 30.1 Å². The highest BCUT2D eigenvalue weighted by atomic mass is 16.3. The molecule has 1 atom stereocenters. The first kappa shape index (κ1) is 18.2. The molecule has 0 amide bonds. The first-order valence-corrected chi connectivity index (χ1v) is 10.4. The number of aliphatic hydroxyl groups excluding tert-OH is 1. The van der Waals surface area contributed by atoms with Crippen molar-refractivity contribution >= 4 is 16.7 Å². The predicted octanol–water partition coefficient (Wildman–Crippen LogP) is 2.32. The molecule has 3 aromatic rings. The Bertz CT molecular complexity index is 1140. The molecule has 1 aliphatic heterocycles. The third kappa shape index (κ3) is 3.00. The normalized spacial score (nSPS) is 18.6. The van der Waals surface area contributed by atoms with E-state index in [0.29, 0.717) is 10.9 Å². The summed E-state index contributed by atoms with van der Waals surface area (Å²) >= 11 is 0. The Morgan fingerprint density at radius 1 is 1.14 bits per heavy atom. The van der Waals surface area contributed by atoms with Crippen LogP contribution in [-0.2, 0) is 19.4 Å². The van der Waals surface area contributed by atoms with Crippen molar-refractivity contribution < 1.29 is 5.11 Å². The molecule has 1 N–H and O–H groups in total. The summed E-state index contributed by atoms with van der Waals surface area (Å²) < 4.78 is 1.65. The average Bonchev–Trinajstić information content (AvgIpc) is 3.39. The highest BCUT2D eigenvalue weighted by molar-refractivity contribution is 5.77. The predicted molar refractivity (Wildman–Crippen MR) is 111 cm³/mol. The van der Waals surface area contributed by atoms with Gasteiger partial charge in [-0.3, -0.25) is 9.36 Å². The molecule has 29 heavy (non-hydrogen) atoms. The molecular weight excluding hydrogens is 366 g/mol. The van der Waals surface area contributed by atoms with E-state index in [4.69, 9.17) is 9.97 Å². The van der Waals surface area contributed by atoms with E-state index in [-0.39, 0.29) is 24.8 Å². The summed E-state index contributed by atoms with van der Waals surface area (Å²) in [6.45, 7) is 2.98.